The van der Waals surface area contributed by atoms with Crippen LogP contribution in [0, 0.1) is 0 Å². The van der Waals surface area contributed by atoms with Crippen LogP contribution in [0.2, 0.25) is 0 Å². The third kappa shape index (κ3) is 4.32. The van der Waals surface area contributed by atoms with Gasteiger partial charge >= 0.3 is 0 Å². The molecule has 1 aliphatic heterocycles. The van der Waals surface area contributed by atoms with Crippen LogP contribution < -0.4 is 10.6 Å². The molecule has 0 aromatic heterocycles. The summed E-state index contributed by atoms with van der Waals surface area (Å²) in [4.78, 5) is 12.2. The number of hydrogen-bond donors (Lipinski definition) is 2. The maximum absolute atomic E-state index is 12.2. The molecule has 1 aromatic rings. The van der Waals surface area contributed by atoms with Crippen LogP contribution in [0.3, 0.4) is 0 Å². The van der Waals surface area contributed by atoms with E-state index >= 15 is 0 Å². The van der Waals surface area contributed by atoms with Crippen LogP contribution in [0.15, 0.2) is 28.7 Å². The molecule has 2 rings (SSSR count). The maximum atomic E-state index is 12.2. The highest BCUT2D eigenvalue weighted by Gasteiger charge is 2.21. The first-order valence-corrected chi connectivity index (χ1v) is 7.75. The summed E-state index contributed by atoms with van der Waals surface area (Å²) in [5.74, 6) is 0.120. The molecule has 2 unspecified atom stereocenters. The SMILES string of the molecule is CC(NC(=O)C1CCCCCN1)c1cccc(Br)c1. The molecule has 19 heavy (non-hydrogen) atoms. The highest BCUT2D eigenvalue weighted by atomic mass is 79.9. The van der Waals surface area contributed by atoms with Crippen molar-refractivity contribution < 1.29 is 4.79 Å². The van der Waals surface area contributed by atoms with Crippen LogP contribution in [-0.4, -0.2) is 18.5 Å². The van der Waals surface area contributed by atoms with Crippen molar-refractivity contribution in [1.82, 2.24) is 10.6 Å². The third-order valence-electron chi connectivity index (χ3n) is 3.58. The van der Waals surface area contributed by atoms with E-state index in [1.807, 2.05) is 31.2 Å². The minimum atomic E-state index is -0.0305. The Morgan fingerprint density at radius 1 is 1.42 bits per heavy atom. The zero-order valence-electron chi connectivity index (χ0n) is 11.3. The van der Waals surface area contributed by atoms with E-state index in [9.17, 15) is 4.79 Å². The number of carbonyl (C=O) groups excluding carboxylic acids is 1. The van der Waals surface area contributed by atoms with E-state index in [4.69, 9.17) is 0 Å². The molecule has 1 fully saturated rings. The molecule has 1 aromatic carbocycles. The van der Waals surface area contributed by atoms with Crippen LogP contribution in [0.5, 0.6) is 0 Å². The largest absolute Gasteiger partial charge is 0.348 e. The lowest BCUT2D eigenvalue weighted by Crippen LogP contribution is -2.44. The zero-order valence-corrected chi connectivity index (χ0v) is 12.9. The molecule has 0 bridgehead atoms. The van der Waals surface area contributed by atoms with Crippen molar-refractivity contribution in [2.24, 2.45) is 0 Å². The van der Waals surface area contributed by atoms with E-state index in [0.717, 1.165) is 29.4 Å². The number of carbonyl (C=O) groups is 1. The van der Waals surface area contributed by atoms with Gasteiger partial charge in [0.05, 0.1) is 12.1 Å². The normalized spacial score (nSPS) is 21.5. The lowest BCUT2D eigenvalue weighted by Gasteiger charge is -2.20. The average Bonchev–Trinajstić information content (AvgIpc) is 2.67. The van der Waals surface area contributed by atoms with Crippen molar-refractivity contribution in [3.05, 3.63) is 34.3 Å². The van der Waals surface area contributed by atoms with Crippen LogP contribution in [0.1, 0.15) is 44.2 Å². The van der Waals surface area contributed by atoms with Gasteiger partial charge in [-0.2, -0.15) is 0 Å². The second-order valence-electron chi connectivity index (χ2n) is 5.14. The van der Waals surface area contributed by atoms with Gasteiger partial charge in [0.15, 0.2) is 0 Å². The molecule has 2 N–H and O–H groups in total. The summed E-state index contributed by atoms with van der Waals surface area (Å²) in [7, 11) is 0. The summed E-state index contributed by atoms with van der Waals surface area (Å²) >= 11 is 3.46. The summed E-state index contributed by atoms with van der Waals surface area (Å²) in [6, 6.07) is 8.07. The molecule has 3 nitrogen and oxygen atoms in total. The minimum absolute atomic E-state index is 0.0305. The number of amides is 1. The van der Waals surface area contributed by atoms with E-state index in [-0.39, 0.29) is 18.0 Å². The summed E-state index contributed by atoms with van der Waals surface area (Å²) in [6.07, 6.45) is 4.47. The first-order chi connectivity index (χ1) is 9.16. The van der Waals surface area contributed by atoms with Crippen molar-refractivity contribution in [3.63, 3.8) is 0 Å². The fourth-order valence-corrected chi connectivity index (χ4v) is 2.84. The Morgan fingerprint density at radius 2 is 2.26 bits per heavy atom. The number of benzene rings is 1. The first-order valence-electron chi connectivity index (χ1n) is 6.96. The molecule has 0 radical (unpaired) electrons. The Balaban J connectivity index is 1.94. The van der Waals surface area contributed by atoms with Gasteiger partial charge in [0.25, 0.3) is 0 Å². The van der Waals surface area contributed by atoms with E-state index in [2.05, 4.69) is 26.6 Å². The lowest BCUT2D eigenvalue weighted by molar-refractivity contribution is -0.123. The van der Waals surface area contributed by atoms with Crippen LogP contribution in [-0.2, 0) is 4.79 Å². The second-order valence-corrected chi connectivity index (χ2v) is 6.06. The quantitative estimate of drug-likeness (QED) is 0.896. The van der Waals surface area contributed by atoms with E-state index in [0.29, 0.717) is 0 Å². The van der Waals surface area contributed by atoms with Gasteiger partial charge in [-0.3, -0.25) is 4.79 Å². The molecule has 1 aliphatic rings. The van der Waals surface area contributed by atoms with Crippen molar-refractivity contribution in [2.75, 3.05) is 6.54 Å². The van der Waals surface area contributed by atoms with Crippen molar-refractivity contribution in [1.29, 1.82) is 0 Å². The van der Waals surface area contributed by atoms with Gasteiger partial charge in [-0.1, -0.05) is 40.9 Å². The van der Waals surface area contributed by atoms with Crippen LogP contribution in [0.4, 0.5) is 0 Å². The number of halogens is 1. The Hall–Kier alpha value is -0.870. The van der Waals surface area contributed by atoms with E-state index in [1.165, 1.54) is 12.8 Å². The lowest BCUT2D eigenvalue weighted by atomic mass is 10.1. The molecule has 0 saturated carbocycles. The third-order valence-corrected chi connectivity index (χ3v) is 4.08. The Labute approximate surface area is 123 Å². The van der Waals surface area contributed by atoms with Gasteiger partial charge in [0.2, 0.25) is 5.91 Å². The molecule has 4 heteroatoms. The highest BCUT2D eigenvalue weighted by Crippen LogP contribution is 2.18. The number of nitrogens with one attached hydrogen (secondary N) is 2. The molecule has 0 spiro atoms. The van der Waals surface area contributed by atoms with Crippen molar-refractivity contribution in [2.45, 2.75) is 44.7 Å². The van der Waals surface area contributed by atoms with Crippen molar-refractivity contribution in [3.8, 4) is 0 Å². The highest BCUT2D eigenvalue weighted by molar-refractivity contribution is 9.10. The van der Waals surface area contributed by atoms with Crippen molar-refractivity contribution >= 4 is 21.8 Å². The Morgan fingerprint density at radius 3 is 3.05 bits per heavy atom. The van der Waals surface area contributed by atoms with E-state index in [1.54, 1.807) is 0 Å². The molecule has 104 valence electrons. The van der Waals surface area contributed by atoms with Crippen LogP contribution >= 0.6 is 15.9 Å². The fraction of sp³-hybridized carbons (Fsp3) is 0.533. The standard InChI is InChI=1S/C15H21BrN2O/c1-11(12-6-5-7-13(16)10-12)18-15(19)14-8-3-2-4-9-17-14/h5-7,10-11,14,17H,2-4,8-9H2,1H3,(H,18,19). The van der Waals surface area contributed by atoms with Gasteiger partial charge in [0, 0.05) is 4.47 Å². The second kappa shape index (κ2) is 7.06. The zero-order chi connectivity index (χ0) is 13.7. The minimum Gasteiger partial charge on any atom is -0.348 e. The molecule has 1 saturated heterocycles. The summed E-state index contributed by atoms with van der Waals surface area (Å²) in [6.45, 7) is 2.97. The summed E-state index contributed by atoms with van der Waals surface area (Å²) in [5.41, 5.74) is 1.12. The monoisotopic (exact) mass is 324 g/mol. The topological polar surface area (TPSA) is 41.1 Å². The molecule has 2 atom stereocenters. The number of rotatable bonds is 3. The smallest absolute Gasteiger partial charge is 0.237 e. The molecular weight excluding hydrogens is 304 g/mol. The van der Waals surface area contributed by atoms with Gasteiger partial charge < -0.3 is 10.6 Å². The molecule has 1 amide bonds. The summed E-state index contributed by atoms with van der Waals surface area (Å²) in [5, 5.41) is 6.43. The van der Waals surface area contributed by atoms with E-state index < -0.39 is 0 Å². The fourth-order valence-electron chi connectivity index (χ4n) is 2.43. The number of hydrogen-bond acceptors (Lipinski definition) is 2. The Bertz CT molecular complexity index is 428. The predicted octanol–water partition coefficient (Wildman–Crippen LogP) is 3.16. The summed E-state index contributed by atoms with van der Waals surface area (Å²) < 4.78 is 1.04. The first kappa shape index (κ1) is 14.5. The van der Waals surface area contributed by atoms with Gasteiger partial charge in [-0.05, 0) is 44.0 Å². The van der Waals surface area contributed by atoms with Crippen LogP contribution in [0.25, 0.3) is 0 Å². The maximum Gasteiger partial charge on any atom is 0.237 e. The molecule has 1 heterocycles. The molecular formula is C15H21BrN2O. The predicted molar refractivity (Wildman–Crippen MR) is 81.0 cm³/mol. The average molecular weight is 325 g/mol. The Kier molecular flexibility index (Phi) is 5.40. The molecule has 0 aliphatic carbocycles. The van der Waals surface area contributed by atoms with Gasteiger partial charge in [-0.25, -0.2) is 0 Å². The van der Waals surface area contributed by atoms with Gasteiger partial charge in [-0.15, -0.1) is 0 Å². The van der Waals surface area contributed by atoms with Gasteiger partial charge in [0.1, 0.15) is 0 Å².